The molecule has 0 radical (unpaired) electrons. The first kappa shape index (κ1) is 80.4. The van der Waals surface area contributed by atoms with Crippen LogP contribution in [0.15, 0.2) is 85.2 Å². The van der Waals surface area contributed by atoms with Crippen molar-refractivity contribution in [3.63, 3.8) is 0 Å². The number of amides is 2. The number of benzene rings is 3. The number of piperazine rings is 1. The number of halogens is 2. The number of aromatic nitrogens is 5. The average Bonchev–Trinajstić information content (AvgIpc) is 1.03. The third-order valence-corrected chi connectivity index (χ3v) is 19.6. The molecule has 0 unspecified atom stereocenters. The van der Waals surface area contributed by atoms with Crippen molar-refractivity contribution in [3.8, 4) is 23.3 Å². The Balaban J connectivity index is 0.462. The van der Waals surface area contributed by atoms with Crippen LogP contribution in [0.5, 0.6) is 6.01 Å². The molecule has 580 valence electrons. The zero-order valence-corrected chi connectivity index (χ0v) is 62.5. The molecule has 0 saturated carbocycles. The number of carbonyl (C=O) groups excluding carboxylic acids is 2. The van der Waals surface area contributed by atoms with Crippen LogP contribution in [0.4, 0.5) is 27.7 Å². The van der Waals surface area contributed by atoms with Gasteiger partial charge in [0.15, 0.2) is 11.5 Å². The van der Waals surface area contributed by atoms with Crippen molar-refractivity contribution in [1.29, 1.82) is 5.26 Å². The summed E-state index contributed by atoms with van der Waals surface area (Å²) in [6.07, 6.45) is 2.67. The number of nitriles is 1. The van der Waals surface area contributed by atoms with E-state index in [-0.39, 0.29) is 43.0 Å². The SMILES string of the molecule is C=C(F)C(=O)N1CCN(c2nc(OC[C@@H]3CCCN3CCOCCOCCOCCOCCOCCOCCOCCOCCOCCOCCNC(=O)c3cccc(-c4ccc5c(N6CCOC[C@H]6C)nc(N6CCOC[C@H]6C)nc5n4)c3)nc3c2CCN(c2cccc4cccc(Cl)c24)C3)C[C@@H]1CC#N. The highest BCUT2D eigenvalue weighted by Gasteiger charge is 2.36. The molecular weight excluding hydrogens is 1400 g/mol. The van der Waals surface area contributed by atoms with Gasteiger partial charge >= 0.3 is 6.01 Å². The Bertz CT molecular complexity index is 3850. The van der Waals surface area contributed by atoms with Gasteiger partial charge in [-0.05, 0) is 81.4 Å². The molecule has 107 heavy (non-hydrogen) atoms. The normalized spacial score (nSPS) is 18.5. The van der Waals surface area contributed by atoms with Gasteiger partial charge < -0.3 is 91.4 Å². The van der Waals surface area contributed by atoms with E-state index < -0.39 is 17.8 Å². The highest BCUT2D eigenvalue weighted by molar-refractivity contribution is 6.36. The zero-order chi connectivity index (χ0) is 74.4. The lowest BCUT2D eigenvalue weighted by atomic mass is 10.0. The fourth-order valence-electron chi connectivity index (χ4n) is 13.7. The molecule has 3 aromatic carbocycles. The third-order valence-electron chi connectivity index (χ3n) is 19.3. The van der Waals surface area contributed by atoms with E-state index in [1.165, 1.54) is 4.90 Å². The van der Waals surface area contributed by atoms with Gasteiger partial charge in [-0.1, -0.05) is 54.6 Å². The lowest BCUT2D eigenvalue weighted by molar-refractivity contribution is -0.131. The minimum absolute atomic E-state index is 0.0368. The van der Waals surface area contributed by atoms with Gasteiger partial charge in [-0.3, -0.25) is 14.5 Å². The van der Waals surface area contributed by atoms with Crippen LogP contribution in [-0.2, 0) is 74.6 Å². The minimum atomic E-state index is -1.04. The average molecular weight is 1510 g/mol. The van der Waals surface area contributed by atoms with E-state index in [4.69, 9.17) is 98.1 Å². The molecular formula is C77H103ClFN13O15. The van der Waals surface area contributed by atoms with Gasteiger partial charge in [0.1, 0.15) is 18.2 Å². The summed E-state index contributed by atoms with van der Waals surface area (Å²) in [6.45, 7) is 24.7. The lowest BCUT2D eigenvalue weighted by Crippen LogP contribution is -2.55. The van der Waals surface area contributed by atoms with Crippen LogP contribution < -0.4 is 29.7 Å². The van der Waals surface area contributed by atoms with Crippen molar-refractivity contribution in [3.05, 3.63) is 107 Å². The molecule has 30 heteroatoms. The van der Waals surface area contributed by atoms with Crippen LogP contribution in [0.1, 0.15) is 54.7 Å². The number of morpholine rings is 2. The van der Waals surface area contributed by atoms with Crippen molar-refractivity contribution in [2.75, 3.05) is 244 Å². The minimum Gasteiger partial charge on any atom is -0.462 e. The van der Waals surface area contributed by atoms with Gasteiger partial charge in [-0.15, -0.1) is 0 Å². The predicted octanol–water partition coefficient (Wildman–Crippen LogP) is 7.15. The molecule has 5 aliphatic rings. The Morgan fingerprint density at radius 2 is 1.25 bits per heavy atom. The van der Waals surface area contributed by atoms with Gasteiger partial charge in [0.25, 0.3) is 11.8 Å². The van der Waals surface area contributed by atoms with Crippen molar-refractivity contribution in [1.82, 2.24) is 40.0 Å². The Labute approximate surface area is 630 Å². The third kappa shape index (κ3) is 23.4. The van der Waals surface area contributed by atoms with Crippen LogP contribution >= 0.6 is 11.6 Å². The van der Waals surface area contributed by atoms with Crippen molar-refractivity contribution in [2.45, 2.75) is 70.2 Å². The van der Waals surface area contributed by atoms with E-state index >= 15 is 0 Å². The number of likely N-dealkylation sites (tertiary alicyclic amines) is 1. The fourth-order valence-corrected chi connectivity index (χ4v) is 14.0. The van der Waals surface area contributed by atoms with Crippen LogP contribution in [0.2, 0.25) is 5.02 Å². The standard InChI is InChI=1S/C77H103ClFN13O15/c1-56-53-105-30-26-90(56)73-65-15-16-67(82-71(65)84-76(85-73)91-27-31-106-54-57(91)2)60-10-4-11-61(50-60)74(93)81-20-28-95-32-34-97-36-38-99-40-42-101-44-46-103-48-49-104-47-45-102-43-41-100-39-37-98-35-33-96-29-25-87-21-7-12-63(87)55-107-77-83-68-52-88(69-14-6-9-59-8-5-13-66(78)70(59)69)22-18-64(68)72(86-77)89-23-24-92(75(94)58(3)79)62(51-89)17-19-80/h4-6,8-11,13-16,50,56-57,62-63H,3,7,12,17-18,20-49,51-55H2,1-2H3,(H,81,93)/t56-,57-,62+,63+/m1/s1. The van der Waals surface area contributed by atoms with E-state index in [1.54, 1.807) is 6.07 Å². The molecule has 3 aromatic heterocycles. The van der Waals surface area contributed by atoms with Crippen molar-refractivity contribution >= 4 is 68.5 Å². The number of pyridine rings is 1. The second-order valence-electron chi connectivity index (χ2n) is 26.7. The number of rotatable bonds is 44. The van der Waals surface area contributed by atoms with E-state index in [0.29, 0.717) is 245 Å². The Hall–Kier alpha value is -7.64. The maximum atomic E-state index is 14.1. The maximum Gasteiger partial charge on any atom is 0.318 e. The summed E-state index contributed by atoms with van der Waals surface area (Å²) < 4.78 is 88.8. The molecule has 0 aliphatic carbocycles. The summed E-state index contributed by atoms with van der Waals surface area (Å²) in [5.41, 5.74) is 5.47. The van der Waals surface area contributed by atoms with Gasteiger partial charge in [0.2, 0.25) is 5.95 Å². The maximum absolute atomic E-state index is 14.1. The molecule has 4 atom stereocenters. The second-order valence-corrected chi connectivity index (χ2v) is 27.1. The van der Waals surface area contributed by atoms with Crippen LogP contribution in [0, 0.1) is 11.3 Å². The van der Waals surface area contributed by atoms with E-state index in [0.717, 1.165) is 77.0 Å². The fraction of sp³-hybridized carbons (Fsp3) is 0.584. The monoisotopic (exact) mass is 1500 g/mol. The molecule has 4 saturated heterocycles. The quantitative estimate of drug-likeness (QED) is 0.0293. The Morgan fingerprint density at radius 1 is 0.645 bits per heavy atom. The number of nitrogens with one attached hydrogen (secondary N) is 1. The number of carbonyl (C=O) groups is 2. The Kier molecular flexibility index (Phi) is 32.3. The van der Waals surface area contributed by atoms with E-state index in [2.05, 4.69) is 74.5 Å². The summed E-state index contributed by atoms with van der Waals surface area (Å²) in [4.78, 5) is 63.8. The van der Waals surface area contributed by atoms with E-state index in [1.807, 2.05) is 48.5 Å². The number of ether oxygens (including phenoxy) is 13. The summed E-state index contributed by atoms with van der Waals surface area (Å²) in [5, 5.41) is 16.2. The van der Waals surface area contributed by atoms with Crippen LogP contribution in [-0.4, -0.2) is 295 Å². The largest absolute Gasteiger partial charge is 0.462 e. The van der Waals surface area contributed by atoms with Crippen LogP contribution in [0.3, 0.4) is 0 Å². The first-order valence-corrected chi connectivity index (χ1v) is 37.9. The number of hydrogen-bond donors (Lipinski definition) is 1. The molecule has 6 aromatic rings. The molecule has 2 amide bonds. The zero-order valence-electron chi connectivity index (χ0n) is 61.8. The summed E-state index contributed by atoms with van der Waals surface area (Å²) in [7, 11) is 0. The molecule has 11 rings (SSSR count). The van der Waals surface area contributed by atoms with Crippen molar-refractivity contribution in [2.24, 2.45) is 0 Å². The highest BCUT2D eigenvalue weighted by atomic mass is 35.5. The first-order chi connectivity index (χ1) is 52.5. The number of hydrogen-bond acceptors (Lipinski definition) is 26. The van der Waals surface area contributed by atoms with Gasteiger partial charge in [-0.2, -0.15) is 25.2 Å². The molecule has 8 heterocycles. The highest BCUT2D eigenvalue weighted by Crippen LogP contribution is 2.38. The predicted molar refractivity (Wildman–Crippen MR) is 403 cm³/mol. The summed E-state index contributed by atoms with van der Waals surface area (Å²) in [6, 6.07) is 25.8. The lowest BCUT2D eigenvalue weighted by Gasteiger charge is -2.42. The molecule has 1 N–H and O–H groups in total. The van der Waals surface area contributed by atoms with Gasteiger partial charge in [-0.25, -0.2) is 9.37 Å². The summed E-state index contributed by atoms with van der Waals surface area (Å²) >= 11 is 6.80. The molecule has 0 bridgehead atoms. The van der Waals surface area contributed by atoms with Gasteiger partial charge in [0, 0.05) is 86.2 Å². The first-order valence-electron chi connectivity index (χ1n) is 37.5. The molecule has 28 nitrogen and oxygen atoms in total. The smallest absolute Gasteiger partial charge is 0.318 e. The van der Waals surface area contributed by atoms with Gasteiger partial charge in [0.05, 0.1) is 218 Å². The van der Waals surface area contributed by atoms with Crippen molar-refractivity contribution < 1.29 is 75.6 Å². The number of anilines is 4. The van der Waals surface area contributed by atoms with E-state index in [9.17, 15) is 19.2 Å². The topological polar surface area (TPSA) is 274 Å². The number of fused-ring (bicyclic) bond motifs is 3. The second kappa shape index (κ2) is 42.9. The summed E-state index contributed by atoms with van der Waals surface area (Å²) in [5.74, 6) is 0.148. The Morgan fingerprint density at radius 3 is 1.88 bits per heavy atom. The molecule has 0 spiro atoms. The van der Waals surface area contributed by atoms with Crippen LogP contribution in [0.25, 0.3) is 33.1 Å². The molecule has 4 fully saturated rings. The molecule has 5 aliphatic heterocycles. The number of nitrogens with zero attached hydrogens (tertiary/aromatic N) is 12.